The second kappa shape index (κ2) is 5.06. The predicted molar refractivity (Wildman–Crippen MR) is 45.8 cm³/mol. The number of hydrogen-bond acceptors (Lipinski definition) is 2. The van der Waals surface area contributed by atoms with E-state index in [1.54, 1.807) is 0 Å². The van der Waals surface area contributed by atoms with Gasteiger partial charge in [-0.05, 0) is 6.42 Å². The molecule has 54 valence electrons. The van der Waals surface area contributed by atoms with Gasteiger partial charge in [0.2, 0.25) is 4.45 Å². The van der Waals surface area contributed by atoms with Crippen molar-refractivity contribution in [1.29, 1.82) is 0 Å². The molecule has 0 bridgehead atoms. The fourth-order valence-electron chi connectivity index (χ4n) is 0.444. The molecule has 3 heteroatoms. The van der Waals surface area contributed by atoms with E-state index in [0.29, 0.717) is 0 Å². The molecule has 0 aromatic carbocycles. The van der Waals surface area contributed by atoms with E-state index in [1.165, 1.54) is 0 Å². The van der Waals surface area contributed by atoms with Gasteiger partial charge in [0.15, 0.2) is 0 Å². The van der Waals surface area contributed by atoms with E-state index < -0.39 is 0 Å². The van der Waals surface area contributed by atoms with Gasteiger partial charge in [0.05, 0.1) is 0 Å². The van der Waals surface area contributed by atoms with Crippen LogP contribution in [0.25, 0.3) is 0 Å². The quantitative estimate of drug-likeness (QED) is 0.466. The second-order valence-electron chi connectivity index (χ2n) is 1.94. The van der Waals surface area contributed by atoms with Crippen LogP contribution in [0.1, 0.15) is 19.8 Å². The van der Waals surface area contributed by atoms with Crippen molar-refractivity contribution in [2.75, 3.05) is 12.0 Å². The van der Waals surface area contributed by atoms with Crippen molar-refractivity contribution < 1.29 is 4.79 Å². The molecule has 0 N–H and O–H groups in total. The zero-order valence-electron chi connectivity index (χ0n) is 5.85. The molecule has 0 spiro atoms. The largest absolute Gasteiger partial charge is 0.683 e. The highest BCUT2D eigenvalue weighted by Gasteiger charge is 2.09. The average molecular weight is 164 g/mol. The molecule has 0 aromatic rings. The zero-order valence-corrected chi connectivity index (χ0v) is 7.48. The van der Waals surface area contributed by atoms with Crippen LogP contribution in [-0.4, -0.2) is 16.5 Å². The van der Waals surface area contributed by atoms with Crippen LogP contribution in [0.4, 0.5) is 4.79 Å². The molecule has 0 aliphatic carbocycles. The first-order valence-electron chi connectivity index (χ1n) is 3.02. The zero-order chi connectivity index (χ0) is 7.28. The molecule has 1 nitrogen and oxygen atoms in total. The Balaban J connectivity index is 3.27. The SMILES string of the molecule is CCCC[S+](C)C(=O)[S-]. The Labute approximate surface area is 65.0 Å². The summed E-state index contributed by atoms with van der Waals surface area (Å²) in [6.07, 6.45) is 4.20. The molecule has 0 heterocycles. The summed E-state index contributed by atoms with van der Waals surface area (Å²) < 4.78 is -0.0662. The number of carbonyl (C=O) groups excluding carboxylic acids is 1. The van der Waals surface area contributed by atoms with Crippen molar-refractivity contribution in [3.05, 3.63) is 0 Å². The summed E-state index contributed by atoms with van der Waals surface area (Å²) in [6.45, 7) is 2.12. The van der Waals surface area contributed by atoms with E-state index in [0.717, 1.165) is 18.6 Å². The first-order valence-corrected chi connectivity index (χ1v) is 5.23. The topological polar surface area (TPSA) is 17.1 Å². The van der Waals surface area contributed by atoms with E-state index in [2.05, 4.69) is 19.6 Å². The number of rotatable bonds is 3. The molecule has 0 amide bonds. The summed E-state index contributed by atoms with van der Waals surface area (Å²) in [5.41, 5.74) is 0. The Bertz CT molecular complexity index is 93.1. The van der Waals surface area contributed by atoms with Gasteiger partial charge in [0.1, 0.15) is 12.0 Å². The fourth-order valence-corrected chi connectivity index (χ4v) is 1.58. The van der Waals surface area contributed by atoms with Crippen LogP contribution < -0.4 is 0 Å². The Hall–Kier alpha value is 0.240. The van der Waals surface area contributed by atoms with E-state index in [4.69, 9.17) is 0 Å². The maximum atomic E-state index is 10.5. The molecular weight excluding hydrogens is 152 g/mol. The van der Waals surface area contributed by atoms with Crippen molar-refractivity contribution in [3.8, 4) is 0 Å². The monoisotopic (exact) mass is 164 g/mol. The van der Waals surface area contributed by atoms with E-state index >= 15 is 0 Å². The number of unbranched alkanes of at least 4 members (excludes halogenated alkanes) is 1. The van der Waals surface area contributed by atoms with Crippen molar-refractivity contribution in [3.63, 3.8) is 0 Å². The minimum absolute atomic E-state index is 0.0662. The lowest BCUT2D eigenvalue weighted by Crippen LogP contribution is -2.12. The molecule has 1 atom stereocenters. The fraction of sp³-hybridized carbons (Fsp3) is 0.833. The minimum atomic E-state index is -0.146. The highest BCUT2D eigenvalue weighted by atomic mass is 32.2. The van der Waals surface area contributed by atoms with Gasteiger partial charge in [0, 0.05) is 10.9 Å². The highest BCUT2D eigenvalue weighted by molar-refractivity contribution is 8.23. The maximum Gasteiger partial charge on any atom is 0.218 e. The molecule has 1 unspecified atom stereocenters. The first-order chi connectivity index (χ1) is 4.18. The molecule has 9 heavy (non-hydrogen) atoms. The lowest BCUT2D eigenvalue weighted by Gasteiger charge is -2.01. The minimum Gasteiger partial charge on any atom is -0.683 e. The van der Waals surface area contributed by atoms with Gasteiger partial charge in [0.25, 0.3) is 0 Å². The smallest absolute Gasteiger partial charge is 0.218 e. The van der Waals surface area contributed by atoms with Gasteiger partial charge in [-0.15, -0.1) is 0 Å². The Morgan fingerprint density at radius 3 is 2.56 bits per heavy atom. The van der Waals surface area contributed by atoms with Crippen LogP contribution in [-0.2, 0) is 23.5 Å². The molecule has 0 aliphatic heterocycles. The van der Waals surface area contributed by atoms with Crippen LogP contribution >= 0.6 is 0 Å². The van der Waals surface area contributed by atoms with Crippen molar-refractivity contribution >= 4 is 28.0 Å². The van der Waals surface area contributed by atoms with Crippen LogP contribution in [0, 0.1) is 0 Å². The summed E-state index contributed by atoms with van der Waals surface area (Å²) in [7, 11) is -0.146. The number of hydrogen-bond donors (Lipinski definition) is 0. The van der Waals surface area contributed by atoms with Crippen molar-refractivity contribution in [1.82, 2.24) is 0 Å². The normalized spacial score (nSPS) is 13.1. The summed E-state index contributed by atoms with van der Waals surface area (Å²) in [6, 6.07) is 0. The lowest BCUT2D eigenvalue weighted by molar-refractivity contribution is 0.276. The Kier molecular flexibility index (Phi) is 5.19. The molecule has 0 fully saturated rings. The summed E-state index contributed by atoms with van der Waals surface area (Å²) in [5, 5.41) is 0. The standard InChI is InChI=1S/C6H12OS2/c1-3-4-5-9(2)6(7)8/h3-5H2,1-2H3. The van der Waals surface area contributed by atoms with E-state index in [1.807, 2.05) is 6.26 Å². The molecule has 0 aliphatic rings. The van der Waals surface area contributed by atoms with Crippen LogP contribution in [0.3, 0.4) is 0 Å². The lowest BCUT2D eigenvalue weighted by atomic mass is 10.4. The maximum absolute atomic E-state index is 10.5. The first kappa shape index (κ1) is 9.24. The summed E-state index contributed by atoms with van der Waals surface area (Å²) in [5.74, 6) is 0.985. The summed E-state index contributed by atoms with van der Waals surface area (Å²) >= 11 is 4.49. The van der Waals surface area contributed by atoms with Gasteiger partial charge >= 0.3 is 0 Å². The van der Waals surface area contributed by atoms with Gasteiger partial charge < -0.3 is 12.6 Å². The van der Waals surface area contributed by atoms with Crippen LogP contribution in [0.5, 0.6) is 0 Å². The van der Waals surface area contributed by atoms with Gasteiger partial charge in [-0.1, -0.05) is 13.3 Å². The molecule has 0 saturated carbocycles. The molecule has 0 rings (SSSR count). The third-order valence-corrected chi connectivity index (χ3v) is 3.41. The second-order valence-corrected chi connectivity index (χ2v) is 4.63. The Morgan fingerprint density at radius 2 is 2.22 bits per heavy atom. The Morgan fingerprint density at radius 1 is 1.67 bits per heavy atom. The third-order valence-electron chi connectivity index (χ3n) is 1.09. The molecule has 0 aromatic heterocycles. The van der Waals surface area contributed by atoms with E-state index in [9.17, 15) is 4.79 Å². The molecular formula is C6H12OS2. The van der Waals surface area contributed by atoms with Gasteiger partial charge in [-0.2, -0.15) is 0 Å². The highest BCUT2D eigenvalue weighted by Crippen LogP contribution is 1.98. The average Bonchev–Trinajstić information content (AvgIpc) is 1.82. The van der Waals surface area contributed by atoms with Gasteiger partial charge in [-0.3, -0.25) is 4.79 Å². The third kappa shape index (κ3) is 4.73. The van der Waals surface area contributed by atoms with Crippen LogP contribution in [0.15, 0.2) is 0 Å². The van der Waals surface area contributed by atoms with Crippen LogP contribution in [0.2, 0.25) is 0 Å². The molecule has 0 radical (unpaired) electrons. The van der Waals surface area contributed by atoms with Gasteiger partial charge in [-0.25, -0.2) is 0 Å². The van der Waals surface area contributed by atoms with E-state index in [-0.39, 0.29) is 15.3 Å². The predicted octanol–water partition coefficient (Wildman–Crippen LogP) is 1.70. The molecule has 0 saturated heterocycles. The summed E-state index contributed by atoms with van der Waals surface area (Å²) in [4.78, 5) is 10.5. The van der Waals surface area contributed by atoms with Crippen molar-refractivity contribution in [2.24, 2.45) is 0 Å². The van der Waals surface area contributed by atoms with Crippen molar-refractivity contribution in [2.45, 2.75) is 19.8 Å². The number of carbonyl (C=O) groups is 1.